The van der Waals surface area contributed by atoms with Crippen LogP contribution in [0.1, 0.15) is 22.8 Å². The van der Waals surface area contributed by atoms with Crippen LogP contribution in [0.4, 0.5) is 0 Å². The Morgan fingerprint density at radius 2 is 1.30 bits per heavy atom. The molecule has 0 saturated heterocycles. The maximum Gasteiger partial charge on any atom is 0.160 e. The topological polar surface area (TPSA) is 17.1 Å². The lowest BCUT2D eigenvalue weighted by atomic mass is 10.1. The number of ketones is 1. The second-order valence-corrected chi connectivity index (χ2v) is 7.77. The summed E-state index contributed by atoms with van der Waals surface area (Å²) in [5.41, 5.74) is 2.01. The van der Waals surface area contributed by atoms with Crippen LogP contribution in [0, 0.1) is 6.92 Å². The van der Waals surface area contributed by atoms with E-state index in [1.807, 2.05) is 24.3 Å². The first-order chi connectivity index (χ1) is 11.2. The highest BCUT2D eigenvalue weighted by Gasteiger charge is 2.21. The van der Waals surface area contributed by atoms with Gasteiger partial charge in [-0.3, -0.25) is 4.79 Å². The van der Waals surface area contributed by atoms with E-state index in [4.69, 9.17) is 0 Å². The lowest BCUT2D eigenvalue weighted by Gasteiger charge is -2.22. The summed E-state index contributed by atoms with van der Waals surface area (Å²) in [5, 5.41) is 3.67. The van der Waals surface area contributed by atoms with Gasteiger partial charge in [-0.15, -0.1) is 0 Å². The van der Waals surface area contributed by atoms with Crippen molar-refractivity contribution in [2.45, 2.75) is 13.8 Å². The molecule has 114 valence electrons. The number of hydrogen-bond acceptors (Lipinski definition) is 1. The quantitative estimate of drug-likeness (QED) is 0.526. The second-order valence-electron chi connectivity index (χ2n) is 5.58. The third-order valence-electron chi connectivity index (χ3n) is 3.80. The average molecular weight is 318 g/mol. The molecule has 3 aromatic rings. The molecule has 23 heavy (non-hydrogen) atoms. The first-order valence-corrected chi connectivity index (χ1v) is 9.03. The summed E-state index contributed by atoms with van der Waals surface area (Å²) in [5.74, 6) is 0.124. The minimum absolute atomic E-state index is 0.124. The van der Waals surface area contributed by atoms with Crippen molar-refractivity contribution in [2.75, 3.05) is 0 Å². The van der Waals surface area contributed by atoms with Crippen LogP contribution in [-0.2, 0) is 0 Å². The summed E-state index contributed by atoms with van der Waals surface area (Å²) in [7, 11) is -0.736. The highest BCUT2D eigenvalue weighted by Crippen LogP contribution is 2.34. The summed E-state index contributed by atoms with van der Waals surface area (Å²) >= 11 is 0. The molecule has 0 radical (unpaired) electrons. The SMILES string of the molecule is CC(=O)c1ccc(C)cc1P(c1ccccc1)c1ccccc1. The highest BCUT2D eigenvalue weighted by molar-refractivity contribution is 7.80. The first-order valence-electron chi connectivity index (χ1n) is 7.68. The van der Waals surface area contributed by atoms with Crippen LogP contribution in [0.25, 0.3) is 0 Å². The summed E-state index contributed by atoms with van der Waals surface area (Å²) in [6.45, 7) is 3.73. The Bertz CT molecular complexity index is 770. The molecule has 0 spiro atoms. The Morgan fingerprint density at radius 1 is 0.783 bits per heavy atom. The van der Waals surface area contributed by atoms with Crippen LogP contribution >= 0.6 is 7.92 Å². The fourth-order valence-electron chi connectivity index (χ4n) is 2.71. The Kier molecular flexibility index (Phi) is 4.69. The number of Topliss-reactive ketones (excluding diaryl/α,β-unsaturated/α-hetero) is 1. The van der Waals surface area contributed by atoms with Gasteiger partial charge in [-0.1, -0.05) is 84.4 Å². The molecule has 0 N–H and O–H groups in total. The Morgan fingerprint density at radius 3 is 1.78 bits per heavy atom. The van der Waals surface area contributed by atoms with E-state index < -0.39 is 7.92 Å². The van der Waals surface area contributed by atoms with E-state index in [0.717, 1.165) is 10.9 Å². The molecular formula is C21H19OP. The lowest BCUT2D eigenvalue weighted by molar-refractivity contribution is 0.101. The monoisotopic (exact) mass is 318 g/mol. The number of aryl methyl sites for hydroxylation is 1. The minimum atomic E-state index is -0.736. The molecule has 0 heterocycles. The normalized spacial score (nSPS) is 10.7. The maximum absolute atomic E-state index is 12.2. The van der Waals surface area contributed by atoms with Gasteiger partial charge in [0.2, 0.25) is 0 Å². The zero-order chi connectivity index (χ0) is 16.2. The highest BCUT2D eigenvalue weighted by atomic mass is 31.1. The fourth-order valence-corrected chi connectivity index (χ4v) is 5.31. The molecule has 2 heteroatoms. The largest absolute Gasteiger partial charge is 0.294 e. The molecule has 1 nitrogen and oxygen atoms in total. The molecule has 0 aliphatic carbocycles. The van der Waals surface area contributed by atoms with Crippen LogP contribution < -0.4 is 15.9 Å². The maximum atomic E-state index is 12.2. The van der Waals surface area contributed by atoms with E-state index in [1.165, 1.54) is 16.2 Å². The molecular weight excluding hydrogens is 299 g/mol. The van der Waals surface area contributed by atoms with Gasteiger partial charge in [0.25, 0.3) is 0 Å². The summed E-state index contributed by atoms with van der Waals surface area (Å²) < 4.78 is 0. The van der Waals surface area contributed by atoms with Crippen LogP contribution in [0.3, 0.4) is 0 Å². The van der Waals surface area contributed by atoms with E-state index in [0.29, 0.717) is 0 Å². The number of hydrogen-bond donors (Lipinski definition) is 0. The third kappa shape index (κ3) is 3.41. The van der Waals surface area contributed by atoms with Gasteiger partial charge in [-0.25, -0.2) is 0 Å². The third-order valence-corrected chi connectivity index (χ3v) is 6.28. The van der Waals surface area contributed by atoms with Gasteiger partial charge in [0.15, 0.2) is 5.78 Å². The molecule has 0 amide bonds. The van der Waals surface area contributed by atoms with Crippen LogP contribution in [0.5, 0.6) is 0 Å². The predicted molar refractivity (Wildman–Crippen MR) is 99.9 cm³/mol. The van der Waals surface area contributed by atoms with E-state index in [1.54, 1.807) is 6.92 Å². The molecule has 0 aliphatic heterocycles. The van der Waals surface area contributed by atoms with Crippen molar-refractivity contribution in [2.24, 2.45) is 0 Å². The molecule has 0 bridgehead atoms. The van der Waals surface area contributed by atoms with Crippen LogP contribution in [-0.4, -0.2) is 5.78 Å². The number of carbonyl (C=O) groups excluding carboxylic acids is 1. The summed E-state index contributed by atoms with van der Waals surface area (Å²) in [4.78, 5) is 12.2. The van der Waals surface area contributed by atoms with Gasteiger partial charge in [-0.05, 0) is 37.7 Å². The van der Waals surface area contributed by atoms with Crippen LogP contribution in [0.2, 0.25) is 0 Å². The number of benzene rings is 3. The van der Waals surface area contributed by atoms with E-state index in [-0.39, 0.29) is 5.78 Å². The molecule has 3 aromatic carbocycles. The number of rotatable bonds is 4. The molecule has 0 unspecified atom stereocenters. The Hall–Kier alpha value is -2.24. The zero-order valence-electron chi connectivity index (χ0n) is 13.4. The summed E-state index contributed by atoms with van der Waals surface area (Å²) in [6, 6.07) is 27.1. The van der Waals surface area contributed by atoms with Crippen molar-refractivity contribution in [1.82, 2.24) is 0 Å². The number of carbonyl (C=O) groups is 1. The molecule has 3 rings (SSSR count). The van der Waals surface area contributed by atoms with Crippen molar-refractivity contribution in [3.8, 4) is 0 Å². The Labute approximate surface area is 138 Å². The van der Waals surface area contributed by atoms with Crippen molar-refractivity contribution >= 4 is 29.6 Å². The van der Waals surface area contributed by atoms with Crippen molar-refractivity contribution in [3.63, 3.8) is 0 Å². The van der Waals surface area contributed by atoms with E-state index in [2.05, 4.69) is 61.5 Å². The zero-order valence-corrected chi connectivity index (χ0v) is 14.3. The van der Waals surface area contributed by atoms with Crippen molar-refractivity contribution in [1.29, 1.82) is 0 Å². The summed E-state index contributed by atoms with van der Waals surface area (Å²) in [6.07, 6.45) is 0. The average Bonchev–Trinajstić information content (AvgIpc) is 2.57. The van der Waals surface area contributed by atoms with Crippen LogP contribution in [0.15, 0.2) is 78.9 Å². The van der Waals surface area contributed by atoms with Gasteiger partial charge in [0.05, 0.1) is 0 Å². The van der Waals surface area contributed by atoms with Gasteiger partial charge < -0.3 is 0 Å². The van der Waals surface area contributed by atoms with Crippen molar-refractivity contribution in [3.05, 3.63) is 90.0 Å². The minimum Gasteiger partial charge on any atom is -0.294 e. The van der Waals surface area contributed by atoms with Crippen molar-refractivity contribution < 1.29 is 4.79 Å². The lowest BCUT2D eigenvalue weighted by Crippen LogP contribution is -2.24. The van der Waals surface area contributed by atoms with Gasteiger partial charge in [-0.2, -0.15) is 0 Å². The molecule has 0 saturated carbocycles. The standard InChI is InChI=1S/C21H19OP/c1-16-13-14-20(17(2)22)21(15-16)23(18-9-5-3-6-10-18)19-11-7-4-8-12-19/h3-15H,1-2H3. The molecule has 0 aliphatic rings. The van der Waals surface area contributed by atoms with Gasteiger partial charge in [0.1, 0.15) is 0 Å². The molecule has 0 fully saturated rings. The predicted octanol–water partition coefficient (Wildman–Crippen LogP) is 3.96. The first kappa shape index (κ1) is 15.6. The van der Waals surface area contributed by atoms with Gasteiger partial charge >= 0.3 is 0 Å². The van der Waals surface area contributed by atoms with E-state index in [9.17, 15) is 4.79 Å². The molecule has 0 aromatic heterocycles. The Balaban J connectivity index is 2.25. The smallest absolute Gasteiger partial charge is 0.160 e. The fraction of sp³-hybridized carbons (Fsp3) is 0.0952. The molecule has 0 atom stereocenters. The second kappa shape index (κ2) is 6.89. The van der Waals surface area contributed by atoms with E-state index >= 15 is 0 Å². The van der Waals surface area contributed by atoms with Gasteiger partial charge in [0, 0.05) is 5.56 Å².